The Hall–Kier alpha value is -2.67. The maximum absolute atomic E-state index is 13.3. The summed E-state index contributed by atoms with van der Waals surface area (Å²) in [5.41, 5.74) is 4.15. The number of amides is 1. The molecule has 7 heteroatoms. The summed E-state index contributed by atoms with van der Waals surface area (Å²) >= 11 is 0. The van der Waals surface area contributed by atoms with Crippen LogP contribution in [0.25, 0.3) is 0 Å². The molecule has 1 aromatic heterocycles. The van der Waals surface area contributed by atoms with E-state index in [0.717, 1.165) is 85.8 Å². The molecule has 0 radical (unpaired) electrons. The molecule has 2 aromatic rings. The second-order valence-corrected chi connectivity index (χ2v) is 10.1. The number of benzene rings is 1. The third-order valence-electron chi connectivity index (χ3n) is 7.45. The zero-order chi connectivity index (χ0) is 22.9. The van der Waals surface area contributed by atoms with Crippen molar-refractivity contribution in [3.05, 3.63) is 46.6 Å². The van der Waals surface area contributed by atoms with Crippen LogP contribution < -0.4 is 9.80 Å². The van der Waals surface area contributed by atoms with Crippen LogP contribution in [-0.2, 0) is 13.0 Å². The Morgan fingerprint density at radius 1 is 0.970 bits per heavy atom. The van der Waals surface area contributed by atoms with Crippen molar-refractivity contribution >= 4 is 17.7 Å². The number of aryl methyl sites for hydroxylation is 1. The first-order valence-corrected chi connectivity index (χ1v) is 12.4. The summed E-state index contributed by atoms with van der Waals surface area (Å²) in [6.07, 6.45) is 3.16. The van der Waals surface area contributed by atoms with Crippen molar-refractivity contribution in [2.24, 2.45) is 5.92 Å². The second kappa shape index (κ2) is 9.29. The van der Waals surface area contributed by atoms with Crippen LogP contribution in [0.5, 0.6) is 0 Å². The van der Waals surface area contributed by atoms with Crippen LogP contribution in [0.1, 0.15) is 46.9 Å². The van der Waals surface area contributed by atoms with Crippen molar-refractivity contribution < 1.29 is 4.79 Å². The first-order chi connectivity index (χ1) is 16.0. The third kappa shape index (κ3) is 4.69. The molecule has 4 heterocycles. The standard InChI is InChI=1S/C26H36N6O/c1-19-7-10-30(11-8-19)24-22-18-32(25(33)21-6-4-5-20(2)17-21)12-9-23(22)27-26(28-24)31-15-13-29(3)14-16-31/h4-6,17,19H,7-16,18H2,1-3H3. The predicted octanol–water partition coefficient (Wildman–Crippen LogP) is 2.97. The number of carbonyl (C=O) groups is 1. The van der Waals surface area contributed by atoms with Crippen LogP contribution >= 0.6 is 0 Å². The molecule has 0 bridgehead atoms. The van der Waals surface area contributed by atoms with E-state index in [1.807, 2.05) is 36.1 Å². The van der Waals surface area contributed by atoms with Gasteiger partial charge in [0.2, 0.25) is 5.95 Å². The van der Waals surface area contributed by atoms with Gasteiger partial charge in [-0.25, -0.2) is 4.98 Å². The largest absolute Gasteiger partial charge is 0.356 e. The van der Waals surface area contributed by atoms with Gasteiger partial charge in [0, 0.05) is 63.4 Å². The van der Waals surface area contributed by atoms with Crippen molar-refractivity contribution in [2.45, 2.75) is 39.7 Å². The summed E-state index contributed by atoms with van der Waals surface area (Å²) in [5.74, 6) is 2.79. The number of likely N-dealkylation sites (N-methyl/N-ethyl adjacent to an activating group) is 1. The average molecular weight is 449 g/mol. The van der Waals surface area contributed by atoms with Gasteiger partial charge in [0.05, 0.1) is 12.2 Å². The monoisotopic (exact) mass is 448 g/mol. The molecule has 7 nitrogen and oxygen atoms in total. The molecule has 176 valence electrons. The number of piperazine rings is 1. The van der Waals surface area contributed by atoms with Crippen molar-refractivity contribution in [3.63, 3.8) is 0 Å². The Morgan fingerprint density at radius 3 is 2.45 bits per heavy atom. The Balaban J connectivity index is 1.46. The summed E-state index contributed by atoms with van der Waals surface area (Å²) in [6, 6.07) is 7.90. The van der Waals surface area contributed by atoms with Gasteiger partial charge >= 0.3 is 0 Å². The molecule has 5 rings (SSSR count). The molecule has 2 saturated heterocycles. The number of hydrogen-bond donors (Lipinski definition) is 0. The molecule has 0 atom stereocenters. The molecule has 1 aromatic carbocycles. The van der Waals surface area contributed by atoms with E-state index in [1.165, 1.54) is 12.8 Å². The molecule has 2 fully saturated rings. The van der Waals surface area contributed by atoms with E-state index in [2.05, 4.69) is 28.7 Å². The van der Waals surface area contributed by atoms with Gasteiger partial charge in [0.1, 0.15) is 5.82 Å². The van der Waals surface area contributed by atoms with Gasteiger partial charge in [-0.15, -0.1) is 0 Å². The van der Waals surface area contributed by atoms with Gasteiger partial charge in [-0.1, -0.05) is 24.6 Å². The maximum atomic E-state index is 13.3. The number of piperidine rings is 1. The van der Waals surface area contributed by atoms with Crippen LogP contribution in [0.15, 0.2) is 24.3 Å². The van der Waals surface area contributed by atoms with Crippen LogP contribution in [0.4, 0.5) is 11.8 Å². The van der Waals surface area contributed by atoms with E-state index >= 15 is 0 Å². The van der Waals surface area contributed by atoms with Gasteiger partial charge in [0.15, 0.2) is 0 Å². The van der Waals surface area contributed by atoms with E-state index in [0.29, 0.717) is 13.1 Å². The molecule has 3 aliphatic heterocycles. The highest BCUT2D eigenvalue weighted by Gasteiger charge is 2.30. The van der Waals surface area contributed by atoms with Crippen molar-refractivity contribution in [1.29, 1.82) is 0 Å². The van der Waals surface area contributed by atoms with Gasteiger partial charge in [0.25, 0.3) is 5.91 Å². The summed E-state index contributed by atoms with van der Waals surface area (Å²) in [7, 11) is 2.17. The van der Waals surface area contributed by atoms with Gasteiger partial charge < -0.3 is 19.6 Å². The molecule has 0 saturated carbocycles. The zero-order valence-electron chi connectivity index (χ0n) is 20.3. The fourth-order valence-corrected chi connectivity index (χ4v) is 5.15. The second-order valence-electron chi connectivity index (χ2n) is 10.1. The van der Waals surface area contributed by atoms with Gasteiger partial charge in [-0.3, -0.25) is 4.79 Å². The maximum Gasteiger partial charge on any atom is 0.254 e. The lowest BCUT2D eigenvalue weighted by molar-refractivity contribution is 0.0733. The Morgan fingerprint density at radius 2 is 1.73 bits per heavy atom. The highest BCUT2D eigenvalue weighted by atomic mass is 16.2. The van der Waals surface area contributed by atoms with Crippen molar-refractivity contribution in [1.82, 2.24) is 19.8 Å². The lowest BCUT2D eigenvalue weighted by Crippen LogP contribution is -2.46. The Kier molecular flexibility index (Phi) is 6.23. The normalized spacial score (nSPS) is 20.2. The number of aromatic nitrogens is 2. The lowest BCUT2D eigenvalue weighted by Gasteiger charge is -2.38. The number of hydrogen-bond acceptors (Lipinski definition) is 6. The van der Waals surface area contributed by atoms with Crippen LogP contribution in [0, 0.1) is 12.8 Å². The number of rotatable bonds is 3. The zero-order valence-corrected chi connectivity index (χ0v) is 20.3. The van der Waals surface area contributed by atoms with Crippen molar-refractivity contribution in [3.8, 4) is 0 Å². The molecule has 3 aliphatic rings. The molecular formula is C26H36N6O. The van der Waals surface area contributed by atoms with Gasteiger partial charge in [-0.2, -0.15) is 4.98 Å². The van der Waals surface area contributed by atoms with Crippen molar-refractivity contribution in [2.75, 3.05) is 62.7 Å². The quantitative estimate of drug-likeness (QED) is 0.720. The minimum Gasteiger partial charge on any atom is -0.356 e. The van der Waals surface area contributed by atoms with E-state index < -0.39 is 0 Å². The molecule has 1 amide bonds. The predicted molar refractivity (Wildman–Crippen MR) is 132 cm³/mol. The highest BCUT2D eigenvalue weighted by molar-refractivity contribution is 5.94. The number of carbonyl (C=O) groups excluding carboxylic acids is 1. The molecular weight excluding hydrogens is 412 g/mol. The smallest absolute Gasteiger partial charge is 0.254 e. The summed E-state index contributed by atoms with van der Waals surface area (Å²) < 4.78 is 0. The molecule has 0 aliphatic carbocycles. The fourth-order valence-electron chi connectivity index (χ4n) is 5.15. The van der Waals surface area contributed by atoms with E-state index in [9.17, 15) is 4.79 Å². The topological polar surface area (TPSA) is 55.8 Å². The van der Waals surface area contributed by atoms with Crippen LogP contribution in [0.3, 0.4) is 0 Å². The molecule has 33 heavy (non-hydrogen) atoms. The summed E-state index contributed by atoms with van der Waals surface area (Å²) in [6.45, 7) is 11.7. The first kappa shape index (κ1) is 22.1. The highest BCUT2D eigenvalue weighted by Crippen LogP contribution is 2.32. The summed E-state index contributed by atoms with van der Waals surface area (Å²) in [5, 5.41) is 0. The first-order valence-electron chi connectivity index (χ1n) is 12.4. The van der Waals surface area contributed by atoms with E-state index in [4.69, 9.17) is 9.97 Å². The van der Waals surface area contributed by atoms with Crippen LogP contribution in [0.2, 0.25) is 0 Å². The molecule has 0 unspecified atom stereocenters. The average Bonchev–Trinajstić information content (AvgIpc) is 2.83. The lowest BCUT2D eigenvalue weighted by atomic mass is 9.98. The molecule has 0 spiro atoms. The minimum absolute atomic E-state index is 0.103. The van der Waals surface area contributed by atoms with Crippen LogP contribution in [-0.4, -0.2) is 78.5 Å². The molecule has 0 N–H and O–H groups in total. The fraction of sp³-hybridized carbons (Fsp3) is 0.577. The number of nitrogens with zero attached hydrogens (tertiary/aromatic N) is 6. The van der Waals surface area contributed by atoms with E-state index in [1.54, 1.807) is 0 Å². The summed E-state index contributed by atoms with van der Waals surface area (Å²) in [4.78, 5) is 32.6. The number of fused-ring (bicyclic) bond motifs is 1. The Bertz CT molecular complexity index is 1010. The Labute approximate surface area is 197 Å². The third-order valence-corrected chi connectivity index (χ3v) is 7.45. The minimum atomic E-state index is 0.103. The number of anilines is 2. The van der Waals surface area contributed by atoms with Gasteiger partial charge in [-0.05, 0) is 44.9 Å². The van der Waals surface area contributed by atoms with E-state index in [-0.39, 0.29) is 5.91 Å². The SMILES string of the molecule is Cc1cccc(C(=O)N2CCc3nc(N4CCN(C)CC4)nc(N4CCC(C)CC4)c3C2)c1.